The number of fused-ring (bicyclic) bond motifs is 9. The smallest absolute Gasteiger partial charge is 0.143 e. The highest BCUT2D eigenvalue weighted by Crippen LogP contribution is 2.44. The van der Waals surface area contributed by atoms with Crippen molar-refractivity contribution in [2.45, 2.75) is 0 Å². The molecule has 0 aliphatic carbocycles. The summed E-state index contributed by atoms with van der Waals surface area (Å²) in [5.41, 5.74) is 13.6. The van der Waals surface area contributed by atoms with Gasteiger partial charge < -0.3 is 13.7 Å². The first kappa shape index (κ1) is 32.8. The second-order valence-corrected chi connectivity index (χ2v) is 15.9. The second-order valence-electron chi connectivity index (χ2n) is 14.9. The molecule has 0 fully saturated rings. The van der Waals surface area contributed by atoms with Crippen molar-refractivity contribution < 1.29 is 8.83 Å². The number of para-hydroxylation sites is 4. The summed E-state index contributed by atoms with van der Waals surface area (Å²) < 4.78 is 15.5. The normalized spacial score (nSPS) is 11.8. The van der Waals surface area contributed by atoms with Gasteiger partial charge >= 0.3 is 0 Å². The minimum Gasteiger partial charge on any atom is -0.455 e. The summed E-state index contributed by atoms with van der Waals surface area (Å²) in [5, 5.41) is 7.10. The van der Waals surface area contributed by atoms with Crippen molar-refractivity contribution in [3.8, 4) is 33.4 Å². The maximum absolute atomic E-state index is 6.49. The maximum Gasteiger partial charge on any atom is 0.143 e. The Morgan fingerprint density at radius 1 is 0.310 bits per heavy atom. The number of nitrogens with zero attached hydrogens (tertiary/aromatic N) is 1. The van der Waals surface area contributed by atoms with Crippen molar-refractivity contribution in [1.29, 1.82) is 0 Å². The predicted molar refractivity (Wildman–Crippen MR) is 245 cm³/mol. The summed E-state index contributed by atoms with van der Waals surface area (Å²) in [6.45, 7) is 0. The molecule has 0 atom stereocenters. The molecule has 3 aromatic heterocycles. The lowest BCUT2D eigenvalue weighted by Gasteiger charge is -2.26. The molecule has 0 spiro atoms. The van der Waals surface area contributed by atoms with Gasteiger partial charge in [-0.3, -0.25) is 0 Å². The maximum atomic E-state index is 6.49. The molecule has 9 aromatic carbocycles. The lowest BCUT2D eigenvalue weighted by Crippen LogP contribution is -2.10. The lowest BCUT2D eigenvalue weighted by atomic mass is 9.97. The van der Waals surface area contributed by atoms with Crippen LogP contribution in [-0.4, -0.2) is 0 Å². The summed E-state index contributed by atoms with van der Waals surface area (Å²) >= 11 is 1.84. The summed E-state index contributed by atoms with van der Waals surface area (Å²) in [6.07, 6.45) is 0. The van der Waals surface area contributed by atoms with Crippen molar-refractivity contribution in [2.75, 3.05) is 4.90 Å². The Bertz CT molecular complexity index is 3530. The van der Waals surface area contributed by atoms with E-state index in [1.807, 2.05) is 35.6 Å². The third-order valence-electron chi connectivity index (χ3n) is 11.5. The second kappa shape index (κ2) is 13.1. The highest BCUT2D eigenvalue weighted by Gasteiger charge is 2.18. The third kappa shape index (κ3) is 5.27. The van der Waals surface area contributed by atoms with E-state index in [0.717, 1.165) is 94.3 Å². The van der Waals surface area contributed by atoms with Crippen LogP contribution in [-0.2, 0) is 0 Å². The molecule has 272 valence electrons. The molecular weight excluding hydrogens is 727 g/mol. The van der Waals surface area contributed by atoms with Crippen LogP contribution in [0, 0.1) is 0 Å². The van der Waals surface area contributed by atoms with E-state index < -0.39 is 0 Å². The van der Waals surface area contributed by atoms with E-state index in [9.17, 15) is 0 Å². The van der Waals surface area contributed by atoms with E-state index >= 15 is 0 Å². The van der Waals surface area contributed by atoms with Gasteiger partial charge in [0.1, 0.15) is 22.3 Å². The van der Waals surface area contributed by atoms with Crippen LogP contribution in [0.15, 0.2) is 209 Å². The number of anilines is 3. The zero-order valence-electron chi connectivity index (χ0n) is 31.2. The first-order valence-electron chi connectivity index (χ1n) is 19.6. The highest BCUT2D eigenvalue weighted by molar-refractivity contribution is 7.25. The van der Waals surface area contributed by atoms with Crippen molar-refractivity contribution in [3.63, 3.8) is 0 Å². The summed E-state index contributed by atoms with van der Waals surface area (Å²) in [5.74, 6) is 0. The molecule has 3 heterocycles. The van der Waals surface area contributed by atoms with E-state index in [1.165, 1.54) is 20.2 Å². The quantitative estimate of drug-likeness (QED) is 0.169. The average molecular weight is 760 g/mol. The minimum absolute atomic E-state index is 0.900. The Labute approximate surface area is 338 Å². The van der Waals surface area contributed by atoms with Crippen LogP contribution in [0.25, 0.3) is 97.4 Å². The molecule has 4 heteroatoms. The van der Waals surface area contributed by atoms with Crippen molar-refractivity contribution in [2.24, 2.45) is 0 Å². The van der Waals surface area contributed by atoms with Gasteiger partial charge in [-0.25, -0.2) is 0 Å². The first-order chi connectivity index (χ1) is 28.7. The van der Waals surface area contributed by atoms with Gasteiger partial charge in [0.25, 0.3) is 0 Å². The van der Waals surface area contributed by atoms with E-state index in [2.05, 4.69) is 181 Å². The molecule has 0 aliphatic rings. The molecular formula is C54H33NO2S. The standard InChI is InChI=1S/C54H33NO2S/c1-4-22-49-43(15-1)47-20-9-18-41(53(47)56-49)36-12-7-11-35(31-36)34-25-27-38(28-26-34)55(40-29-30-46-45-17-3-6-24-51(45)58-52(46)33-40)39-14-8-13-37(32-39)42-19-10-21-48-44-16-2-5-23-50(44)57-54(42)48/h1-33H. The Hall–Kier alpha value is -7.40. The topological polar surface area (TPSA) is 29.5 Å². The van der Waals surface area contributed by atoms with Crippen LogP contribution >= 0.6 is 11.3 Å². The van der Waals surface area contributed by atoms with Crippen LogP contribution in [0.1, 0.15) is 0 Å². The Morgan fingerprint density at radius 3 is 1.53 bits per heavy atom. The minimum atomic E-state index is 0.900. The molecule has 12 aromatic rings. The number of hydrogen-bond acceptors (Lipinski definition) is 4. The SMILES string of the molecule is c1cc(-c2ccc(N(c3cccc(-c4cccc5c4oc4ccccc45)c3)c3ccc4c(c3)sc3ccccc34)cc2)cc(-c2cccc3c2oc2ccccc23)c1. The van der Waals surface area contributed by atoms with Crippen LogP contribution in [0.5, 0.6) is 0 Å². The number of benzene rings is 9. The van der Waals surface area contributed by atoms with E-state index in [0.29, 0.717) is 0 Å². The summed E-state index contributed by atoms with van der Waals surface area (Å²) in [4.78, 5) is 2.37. The molecule has 58 heavy (non-hydrogen) atoms. The van der Waals surface area contributed by atoms with Crippen LogP contribution in [0.4, 0.5) is 17.1 Å². The van der Waals surface area contributed by atoms with Crippen molar-refractivity contribution >= 4 is 92.4 Å². The van der Waals surface area contributed by atoms with Crippen LogP contribution in [0.2, 0.25) is 0 Å². The van der Waals surface area contributed by atoms with Crippen molar-refractivity contribution in [1.82, 2.24) is 0 Å². The van der Waals surface area contributed by atoms with Gasteiger partial charge in [-0.2, -0.15) is 0 Å². The fraction of sp³-hybridized carbons (Fsp3) is 0. The largest absolute Gasteiger partial charge is 0.455 e. The van der Waals surface area contributed by atoms with Gasteiger partial charge in [0.2, 0.25) is 0 Å². The van der Waals surface area contributed by atoms with Crippen LogP contribution in [0.3, 0.4) is 0 Å². The first-order valence-corrected chi connectivity index (χ1v) is 20.4. The zero-order valence-corrected chi connectivity index (χ0v) is 32.0. The molecule has 3 nitrogen and oxygen atoms in total. The summed E-state index contributed by atoms with van der Waals surface area (Å²) in [6, 6.07) is 71.5. The Balaban J connectivity index is 0.969. The van der Waals surface area contributed by atoms with E-state index in [-0.39, 0.29) is 0 Å². The van der Waals surface area contributed by atoms with Gasteiger partial charge in [-0.05, 0) is 82.9 Å². The molecule has 12 rings (SSSR count). The van der Waals surface area contributed by atoms with Crippen LogP contribution < -0.4 is 4.90 Å². The van der Waals surface area contributed by atoms with Gasteiger partial charge in [-0.15, -0.1) is 11.3 Å². The molecule has 0 amide bonds. The molecule has 0 aliphatic heterocycles. The fourth-order valence-electron chi connectivity index (χ4n) is 8.73. The third-order valence-corrected chi connectivity index (χ3v) is 12.6. The number of hydrogen-bond donors (Lipinski definition) is 0. The fourth-order valence-corrected chi connectivity index (χ4v) is 9.87. The van der Waals surface area contributed by atoms with Gasteiger partial charge in [0.15, 0.2) is 0 Å². The monoisotopic (exact) mass is 759 g/mol. The number of rotatable bonds is 6. The number of thiophene rings is 1. The van der Waals surface area contributed by atoms with E-state index in [4.69, 9.17) is 8.83 Å². The number of furan rings is 2. The Morgan fingerprint density at radius 2 is 0.828 bits per heavy atom. The Kier molecular flexibility index (Phi) is 7.40. The average Bonchev–Trinajstić information content (AvgIpc) is 3.98. The molecule has 0 N–H and O–H groups in total. The molecule has 0 radical (unpaired) electrons. The van der Waals surface area contributed by atoms with Gasteiger partial charge in [0, 0.05) is 69.9 Å². The molecule has 0 bridgehead atoms. The molecule has 0 saturated carbocycles. The highest BCUT2D eigenvalue weighted by atomic mass is 32.1. The predicted octanol–water partition coefficient (Wildman–Crippen LogP) is 16.3. The molecule has 0 saturated heterocycles. The summed E-state index contributed by atoms with van der Waals surface area (Å²) in [7, 11) is 0. The zero-order chi connectivity index (χ0) is 38.2. The van der Waals surface area contributed by atoms with Gasteiger partial charge in [0.05, 0.1) is 0 Å². The van der Waals surface area contributed by atoms with E-state index in [1.54, 1.807) is 0 Å². The lowest BCUT2D eigenvalue weighted by molar-refractivity contribution is 0.669. The van der Waals surface area contributed by atoms with Gasteiger partial charge in [-0.1, -0.05) is 140 Å². The van der Waals surface area contributed by atoms with Crippen molar-refractivity contribution in [3.05, 3.63) is 200 Å². The molecule has 0 unspecified atom stereocenters.